The van der Waals surface area contributed by atoms with E-state index in [2.05, 4.69) is 11.8 Å². The number of aliphatic hydroxyl groups is 1. The maximum absolute atomic E-state index is 12.2. The topological polar surface area (TPSA) is 53.0 Å². The van der Waals surface area contributed by atoms with Crippen LogP contribution in [0.25, 0.3) is 0 Å². The van der Waals surface area contributed by atoms with Gasteiger partial charge in [0.05, 0.1) is 12.7 Å². The molecule has 5 nitrogen and oxygen atoms in total. The molecule has 112 valence electrons. The summed E-state index contributed by atoms with van der Waals surface area (Å²) in [7, 11) is 5.20. The third kappa shape index (κ3) is 4.51. The molecule has 1 atom stereocenters. The van der Waals surface area contributed by atoms with E-state index in [4.69, 9.17) is 4.74 Å². The molecule has 1 aromatic rings. The van der Waals surface area contributed by atoms with Gasteiger partial charge in [-0.25, -0.2) is 0 Å². The molecule has 1 unspecified atom stereocenters. The van der Waals surface area contributed by atoms with Gasteiger partial charge in [-0.15, -0.1) is 0 Å². The van der Waals surface area contributed by atoms with E-state index in [9.17, 15) is 9.90 Å². The molecule has 0 fully saturated rings. The summed E-state index contributed by atoms with van der Waals surface area (Å²) in [6, 6.07) is 7.47. The first-order valence-electron chi connectivity index (χ1n) is 6.73. The lowest BCUT2D eigenvalue weighted by molar-refractivity contribution is 0.0380. The van der Waals surface area contributed by atoms with Crippen LogP contribution in [0.5, 0.6) is 0 Å². The third-order valence-electron chi connectivity index (χ3n) is 3.22. The number of rotatable bonds is 7. The largest absolute Gasteiger partial charge is 0.389 e. The highest BCUT2D eigenvalue weighted by molar-refractivity contribution is 5.94. The molecular formula is C15H24N2O3. The van der Waals surface area contributed by atoms with Gasteiger partial charge in [0.25, 0.3) is 5.91 Å². The van der Waals surface area contributed by atoms with Gasteiger partial charge >= 0.3 is 0 Å². The van der Waals surface area contributed by atoms with Gasteiger partial charge in [0.2, 0.25) is 0 Å². The molecule has 0 saturated heterocycles. The summed E-state index contributed by atoms with van der Waals surface area (Å²) >= 11 is 0. The lowest BCUT2D eigenvalue weighted by Gasteiger charge is -2.21. The number of hydrogen-bond acceptors (Lipinski definition) is 4. The summed E-state index contributed by atoms with van der Waals surface area (Å²) in [5.41, 5.74) is 1.69. The van der Waals surface area contributed by atoms with Crippen LogP contribution in [0.1, 0.15) is 17.3 Å². The first kappa shape index (κ1) is 16.5. The van der Waals surface area contributed by atoms with Crippen molar-refractivity contribution in [3.8, 4) is 0 Å². The number of hydrogen-bond donors (Lipinski definition) is 1. The van der Waals surface area contributed by atoms with Gasteiger partial charge < -0.3 is 19.6 Å². The Morgan fingerprint density at radius 1 is 1.30 bits per heavy atom. The van der Waals surface area contributed by atoms with Gasteiger partial charge in [-0.1, -0.05) is 0 Å². The second-order valence-electron chi connectivity index (χ2n) is 4.86. The summed E-state index contributed by atoms with van der Waals surface area (Å²) in [4.78, 5) is 15.8. The quantitative estimate of drug-likeness (QED) is 0.816. The van der Waals surface area contributed by atoms with Crippen LogP contribution in [0.4, 0.5) is 5.69 Å². The molecule has 1 N–H and O–H groups in total. The molecule has 0 saturated carbocycles. The second kappa shape index (κ2) is 7.87. The van der Waals surface area contributed by atoms with E-state index in [1.807, 2.05) is 31.3 Å². The molecule has 0 bridgehead atoms. The Morgan fingerprint density at radius 2 is 1.90 bits per heavy atom. The number of aliphatic hydroxyl groups excluding tert-OH is 1. The number of carbonyl (C=O) groups is 1. The van der Waals surface area contributed by atoms with E-state index in [1.54, 1.807) is 7.05 Å². The zero-order valence-electron chi connectivity index (χ0n) is 12.7. The van der Waals surface area contributed by atoms with E-state index in [1.165, 1.54) is 12.0 Å². The van der Waals surface area contributed by atoms with Crippen molar-refractivity contribution in [3.05, 3.63) is 29.8 Å². The minimum absolute atomic E-state index is 0.106. The third-order valence-corrected chi connectivity index (χ3v) is 3.22. The molecular weight excluding hydrogens is 256 g/mol. The molecule has 0 spiro atoms. The maximum atomic E-state index is 12.2. The Morgan fingerprint density at radius 3 is 2.40 bits per heavy atom. The van der Waals surface area contributed by atoms with Crippen LogP contribution in [-0.2, 0) is 4.74 Å². The van der Waals surface area contributed by atoms with Crippen molar-refractivity contribution in [2.75, 3.05) is 45.8 Å². The lowest BCUT2D eigenvalue weighted by atomic mass is 10.1. The molecule has 1 aromatic carbocycles. The van der Waals surface area contributed by atoms with Gasteiger partial charge in [-0.05, 0) is 31.2 Å². The summed E-state index contributed by atoms with van der Waals surface area (Å²) in [5.74, 6) is -0.106. The predicted molar refractivity (Wildman–Crippen MR) is 80.2 cm³/mol. The van der Waals surface area contributed by atoms with Crippen molar-refractivity contribution >= 4 is 11.6 Å². The van der Waals surface area contributed by atoms with Crippen LogP contribution in [0.3, 0.4) is 0 Å². The van der Waals surface area contributed by atoms with Gasteiger partial charge in [0.1, 0.15) is 0 Å². The number of likely N-dealkylation sites (N-methyl/N-ethyl adjacent to an activating group) is 1. The lowest BCUT2D eigenvalue weighted by Crippen LogP contribution is -2.36. The highest BCUT2D eigenvalue weighted by Crippen LogP contribution is 2.14. The Bertz CT molecular complexity index is 420. The van der Waals surface area contributed by atoms with Crippen LogP contribution in [0.15, 0.2) is 24.3 Å². The minimum Gasteiger partial charge on any atom is -0.389 e. The number of anilines is 1. The fourth-order valence-corrected chi connectivity index (χ4v) is 1.91. The van der Waals surface area contributed by atoms with Crippen molar-refractivity contribution in [1.29, 1.82) is 0 Å². The highest BCUT2D eigenvalue weighted by Gasteiger charge is 2.15. The smallest absolute Gasteiger partial charge is 0.253 e. The highest BCUT2D eigenvalue weighted by atomic mass is 16.5. The fourth-order valence-electron chi connectivity index (χ4n) is 1.91. The molecule has 0 aromatic heterocycles. The van der Waals surface area contributed by atoms with Crippen molar-refractivity contribution in [3.63, 3.8) is 0 Å². The average molecular weight is 280 g/mol. The Labute approximate surface area is 120 Å². The Hall–Kier alpha value is -1.59. The second-order valence-corrected chi connectivity index (χ2v) is 4.86. The molecule has 20 heavy (non-hydrogen) atoms. The number of nitrogens with zero attached hydrogens (tertiary/aromatic N) is 2. The first-order valence-corrected chi connectivity index (χ1v) is 6.73. The number of ether oxygens (including phenoxy) is 1. The van der Waals surface area contributed by atoms with E-state index >= 15 is 0 Å². The molecule has 0 radical (unpaired) electrons. The van der Waals surface area contributed by atoms with Crippen LogP contribution in [-0.4, -0.2) is 62.9 Å². The van der Waals surface area contributed by atoms with Gasteiger partial charge in [-0.2, -0.15) is 0 Å². The zero-order valence-corrected chi connectivity index (χ0v) is 12.7. The van der Waals surface area contributed by atoms with Crippen LogP contribution in [0, 0.1) is 0 Å². The summed E-state index contributed by atoms with van der Waals surface area (Å²) < 4.78 is 4.85. The summed E-state index contributed by atoms with van der Waals surface area (Å²) in [5, 5.41) is 9.64. The first-order chi connectivity index (χ1) is 9.49. The number of amides is 1. The minimum atomic E-state index is -0.667. The Kier molecular flexibility index (Phi) is 6.48. The van der Waals surface area contributed by atoms with E-state index in [-0.39, 0.29) is 19.1 Å². The van der Waals surface area contributed by atoms with Crippen LogP contribution >= 0.6 is 0 Å². The summed E-state index contributed by atoms with van der Waals surface area (Å²) in [6.07, 6.45) is -0.667. The fraction of sp³-hybridized carbons (Fsp3) is 0.533. The molecule has 1 rings (SSSR count). The van der Waals surface area contributed by atoms with Crippen LogP contribution in [0.2, 0.25) is 0 Å². The monoisotopic (exact) mass is 280 g/mol. The standard InChI is InChI=1S/C15H24N2O3/c1-5-16(2)13-8-6-12(7-9-13)15(19)17(3)10-14(18)11-20-4/h6-9,14,18H,5,10-11H2,1-4H3. The predicted octanol–water partition coefficient (Wildman–Crippen LogP) is 1.22. The Balaban J connectivity index is 2.67. The van der Waals surface area contributed by atoms with Crippen molar-refractivity contribution in [2.24, 2.45) is 0 Å². The van der Waals surface area contributed by atoms with Crippen molar-refractivity contribution < 1.29 is 14.6 Å². The van der Waals surface area contributed by atoms with Gasteiger partial charge in [0, 0.05) is 45.5 Å². The summed E-state index contributed by atoms with van der Waals surface area (Å²) in [6.45, 7) is 3.46. The average Bonchev–Trinajstić information content (AvgIpc) is 2.46. The normalized spacial score (nSPS) is 12.1. The number of carbonyl (C=O) groups excluding carboxylic acids is 1. The maximum Gasteiger partial charge on any atom is 0.253 e. The van der Waals surface area contributed by atoms with E-state index in [0.29, 0.717) is 5.56 Å². The van der Waals surface area contributed by atoms with Gasteiger partial charge in [0.15, 0.2) is 0 Å². The van der Waals surface area contributed by atoms with Crippen molar-refractivity contribution in [1.82, 2.24) is 4.90 Å². The number of benzene rings is 1. The van der Waals surface area contributed by atoms with Gasteiger partial charge in [-0.3, -0.25) is 4.79 Å². The van der Waals surface area contributed by atoms with Crippen molar-refractivity contribution in [2.45, 2.75) is 13.0 Å². The van der Waals surface area contributed by atoms with Crippen LogP contribution < -0.4 is 4.90 Å². The molecule has 0 aliphatic carbocycles. The molecule has 0 aliphatic heterocycles. The SMILES string of the molecule is CCN(C)c1ccc(C(=O)N(C)CC(O)COC)cc1. The molecule has 0 heterocycles. The molecule has 1 amide bonds. The van der Waals surface area contributed by atoms with E-state index < -0.39 is 6.10 Å². The molecule has 5 heteroatoms. The number of methoxy groups -OCH3 is 1. The van der Waals surface area contributed by atoms with E-state index in [0.717, 1.165) is 12.2 Å². The molecule has 0 aliphatic rings. The zero-order chi connectivity index (χ0) is 15.1.